The lowest BCUT2D eigenvalue weighted by atomic mass is 9.52. The predicted octanol–water partition coefficient (Wildman–Crippen LogP) is 1.23. The number of rotatable bonds is 2. The zero-order valence-electron chi connectivity index (χ0n) is 14.4. The number of hydrogen-bond acceptors (Lipinski definition) is 2. The molecular weight excluding hydrogens is 285 g/mol. The van der Waals surface area contributed by atoms with Crippen LogP contribution in [0.1, 0.15) is 53.6 Å². The maximum atomic E-state index is 12.9. The summed E-state index contributed by atoms with van der Waals surface area (Å²) in [5, 5.41) is 14.0. The van der Waals surface area contributed by atoms with E-state index in [4.69, 9.17) is 0 Å². The zero-order chi connectivity index (χ0) is 16.4. The van der Waals surface area contributed by atoms with Crippen LogP contribution in [0.4, 0.5) is 0 Å². The summed E-state index contributed by atoms with van der Waals surface area (Å²) >= 11 is 0. The SMILES string of the molecule is Bc1cc(C)c(C(=O)N[C@H]2C3CC4CC2C[C@](O)(C4)C3)c(C)c1. The second kappa shape index (κ2) is 5.10. The molecule has 4 heteroatoms. The highest BCUT2D eigenvalue weighted by Crippen LogP contribution is 2.55. The van der Waals surface area contributed by atoms with Crippen molar-refractivity contribution < 1.29 is 9.90 Å². The molecule has 0 heterocycles. The van der Waals surface area contributed by atoms with Crippen molar-refractivity contribution in [3.05, 3.63) is 28.8 Å². The van der Waals surface area contributed by atoms with Crippen LogP contribution in [0, 0.1) is 31.6 Å². The fourth-order valence-corrected chi connectivity index (χ4v) is 5.98. The van der Waals surface area contributed by atoms with Gasteiger partial charge in [0.2, 0.25) is 0 Å². The molecule has 4 aliphatic rings. The van der Waals surface area contributed by atoms with Crippen molar-refractivity contribution in [2.24, 2.45) is 17.8 Å². The van der Waals surface area contributed by atoms with E-state index >= 15 is 0 Å². The molecule has 23 heavy (non-hydrogen) atoms. The molecule has 4 aliphatic carbocycles. The Morgan fingerprint density at radius 3 is 2.26 bits per heavy atom. The number of carbonyl (C=O) groups excluding carboxylic acids is 1. The summed E-state index contributed by atoms with van der Waals surface area (Å²) in [4.78, 5) is 12.9. The van der Waals surface area contributed by atoms with Crippen molar-refractivity contribution in [2.45, 2.75) is 57.6 Å². The molecule has 2 atom stereocenters. The largest absolute Gasteiger partial charge is 0.390 e. The second-order valence-electron chi connectivity index (χ2n) is 8.47. The van der Waals surface area contributed by atoms with E-state index in [-0.39, 0.29) is 11.9 Å². The van der Waals surface area contributed by atoms with Gasteiger partial charge >= 0.3 is 0 Å². The zero-order valence-corrected chi connectivity index (χ0v) is 14.4. The van der Waals surface area contributed by atoms with Gasteiger partial charge in [-0.1, -0.05) is 17.6 Å². The second-order valence-corrected chi connectivity index (χ2v) is 8.47. The number of amides is 1. The normalized spacial score (nSPS) is 37.9. The first-order valence-corrected chi connectivity index (χ1v) is 8.96. The van der Waals surface area contributed by atoms with E-state index in [0.717, 1.165) is 36.0 Å². The number of benzene rings is 1. The van der Waals surface area contributed by atoms with Crippen LogP contribution < -0.4 is 10.8 Å². The topological polar surface area (TPSA) is 49.3 Å². The Labute approximate surface area is 139 Å². The summed E-state index contributed by atoms with van der Waals surface area (Å²) < 4.78 is 0. The van der Waals surface area contributed by atoms with E-state index in [2.05, 4.69) is 25.3 Å². The van der Waals surface area contributed by atoms with Crippen molar-refractivity contribution in [3.63, 3.8) is 0 Å². The standard InChI is InChI=1S/C19H26BNO2/c1-10-3-15(20)4-11(2)16(10)18(22)21-17-13-5-12-6-14(17)9-19(23,7-12)8-13/h3-4,12-14,17,23H,5-9,20H2,1-2H3,(H,21,22)/t12?,13?,14?,17-,19-. The third kappa shape index (κ3) is 2.51. The van der Waals surface area contributed by atoms with Crippen molar-refractivity contribution in [2.75, 3.05) is 0 Å². The average Bonchev–Trinajstić information content (AvgIpc) is 2.39. The lowest BCUT2D eigenvalue weighted by Crippen LogP contribution is -2.61. The molecule has 122 valence electrons. The number of aryl methyl sites for hydroxylation is 2. The van der Waals surface area contributed by atoms with Gasteiger partial charge in [-0.3, -0.25) is 4.79 Å². The third-order valence-corrected chi connectivity index (χ3v) is 6.44. The Bertz CT molecular complexity index is 632. The van der Waals surface area contributed by atoms with Crippen LogP contribution in [0.2, 0.25) is 0 Å². The van der Waals surface area contributed by atoms with Gasteiger partial charge in [0.15, 0.2) is 0 Å². The van der Waals surface area contributed by atoms with Gasteiger partial charge in [0, 0.05) is 11.6 Å². The lowest BCUT2D eigenvalue weighted by molar-refractivity contribution is -0.136. The highest BCUT2D eigenvalue weighted by molar-refractivity contribution is 6.32. The fraction of sp³-hybridized carbons (Fsp3) is 0.632. The van der Waals surface area contributed by atoms with Crippen LogP contribution >= 0.6 is 0 Å². The maximum Gasteiger partial charge on any atom is 0.252 e. The fourth-order valence-electron chi connectivity index (χ4n) is 5.98. The van der Waals surface area contributed by atoms with Gasteiger partial charge in [-0.25, -0.2) is 0 Å². The molecule has 1 aromatic carbocycles. The van der Waals surface area contributed by atoms with E-state index in [1.807, 2.05) is 13.8 Å². The molecule has 0 aliphatic heterocycles. The van der Waals surface area contributed by atoms with Gasteiger partial charge in [0.1, 0.15) is 7.85 Å². The molecule has 0 saturated heterocycles. The molecule has 0 radical (unpaired) electrons. The van der Waals surface area contributed by atoms with Gasteiger partial charge in [0.25, 0.3) is 5.91 Å². The molecule has 3 nitrogen and oxygen atoms in total. The van der Waals surface area contributed by atoms with E-state index in [1.165, 1.54) is 18.3 Å². The van der Waals surface area contributed by atoms with Gasteiger partial charge in [-0.2, -0.15) is 0 Å². The Balaban J connectivity index is 1.56. The van der Waals surface area contributed by atoms with Gasteiger partial charge in [-0.05, 0) is 74.8 Å². The van der Waals surface area contributed by atoms with E-state index in [1.54, 1.807) is 0 Å². The van der Waals surface area contributed by atoms with Crippen LogP contribution in [0.25, 0.3) is 0 Å². The molecule has 0 aromatic heterocycles. The number of aliphatic hydroxyl groups is 1. The Hall–Kier alpha value is -1.29. The molecule has 4 fully saturated rings. The van der Waals surface area contributed by atoms with Gasteiger partial charge in [-0.15, -0.1) is 0 Å². The number of hydrogen-bond donors (Lipinski definition) is 2. The summed E-state index contributed by atoms with van der Waals surface area (Å²) in [6, 6.07) is 4.42. The lowest BCUT2D eigenvalue weighted by Gasteiger charge is -2.58. The first kappa shape index (κ1) is 15.3. The number of carbonyl (C=O) groups is 1. The minimum absolute atomic E-state index is 0.0736. The summed E-state index contributed by atoms with van der Waals surface area (Å²) in [6.07, 6.45) is 5.08. The Kier molecular flexibility index (Phi) is 3.39. The average molecular weight is 311 g/mol. The summed E-state index contributed by atoms with van der Waals surface area (Å²) in [5.74, 6) is 1.67. The van der Waals surface area contributed by atoms with Crippen LogP contribution in [-0.2, 0) is 0 Å². The monoisotopic (exact) mass is 311 g/mol. The van der Waals surface area contributed by atoms with Gasteiger partial charge < -0.3 is 10.4 Å². The summed E-state index contributed by atoms with van der Waals surface area (Å²) in [7, 11) is 2.07. The summed E-state index contributed by atoms with van der Waals surface area (Å²) in [5.41, 5.74) is 3.72. The first-order valence-electron chi connectivity index (χ1n) is 8.96. The molecule has 4 bridgehead atoms. The van der Waals surface area contributed by atoms with Crippen molar-refractivity contribution >= 4 is 19.2 Å². The molecular formula is C19H26BNO2. The van der Waals surface area contributed by atoms with Crippen LogP contribution in [0.5, 0.6) is 0 Å². The van der Waals surface area contributed by atoms with Crippen LogP contribution in [-0.4, -0.2) is 30.5 Å². The van der Waals surface area contributed by atoms with Crippen LogP contribution in [0.15, 0.2) is 12.1 Å². The van der Waals surface area contributed by atoms with Gasteiger partial charge in [0.05, 0.1) is 5.60 Å². The van der Waals surface area contributed by atoms with Crippen molar-refractivity contribution in [3.8, 4) is 0 Å². The molecule has 5 rings (SSSR count). The molecule has 0 spiro atoms. The molecule has 1 aromatic rings. The number of nitrogens with one attached hydrogen (secondary N) is 1. The highest BCUT2D eigenvalue weighted by Gasteiger charge is 2.55. The molecule has 2 unspecified atom stereocenters. The first-order chi connectivity index (χ1) is 10.8. The Morgan fingerprint density at radius 2 is 1.74 bits per heavy atom. The minimum atomic E-state index is -0.437. The van der Waals surface area contributed by atoms with E-state index < -0.39 is 5.60 Å². The van der Waals surface area contributed by atoms with Crippen molar-refractivity contribution in [1.29, 1.82) is 0 Å². The minimum Gasteiger partial charge on any atom is -0.390 e. The summed E-state index contributed by atoms with van der Waals surface area (Å²) in [6.45, 7) is 4.04. The Morgan fingerprint density at radius 1 is 1.17 bits per heavy atom. The molecule has 1 amide bonds. The third-order valence-electron chi connectivity index (χ3n) is 6.44. The van der Waals surface area contributed by atoms with Crippen LogP contribution in [0.3, 0.4) is 0 Å². The smallest absolute Gasteiger partial charge is 0.252 e. The molecule has 2 N–H and O–H groups in total. The predicted molar refractivity (Wildman–Crippen MR) is 93.9 cm³/mol. The van der Waals surface area contributed by atoms with E-state index in [9.17, 15) is 9.90 Å². The maximum absolute atomic E-state index is 12.9. The quantitative estimate of drug-likeness (QED) is 0.807. The highest BCUT2D eigenvalue weighted by atomic mass is 16.3. The van der Waals surface area contributed by atoms with E-state index in [0.29, 0.717) is 17.8 Å². The van der Waals surface area contributed by atoms with Crippen molar-refractivity contribution in [1.82, 2.24) is 5.32 Å². The molecule has 4 saturated carbocycles.